The maximum atomic E-state index is 11.8. The van der Waals surface area contributed by atoms with Gasteiger partial charge < -0.3 is 10.6 Å². The van der Waals surface area contributed by atoms with E-state index >= 15 is 0 Å². The van der Waals surface area contributed by atoms with Crippen LogP contribution in [0, 0.1) is 11.8 Å². The minimum absolute atomic E-state index is 0.0743. The number of hydrogen-bond donors (Lipinski definition) is 2. The van der Waals surface area contributed by atoms with Crippen molar-refractivity contribution in [3.8, 4) is 0 Å². The van der Waals surface area contributed by atoms with Crippen molar-refractivity contribution < 1.29 is 4.79 Å². The van der Waals surface area contributed by atoms with Gasteiger partial charge in [0.05, 0.1) is 17.8 Å². The number of carbonyl (C=O) groups excluding carboxylic acids is 1. The molecule has 0 radical (unpaired) electrons. The largest absolute Gasteiger partial charge is 0.323 e. The first-order chi connectivity index (χ1) is 7.16. The molecule has 2 rings (SSSR count). The van der Waals surface area contributed by atoms with Gasteiger partial charge in [0.2, 0.25) is 5.91 Å². The number of rotatable bonds is 2. The first-order valence-electron chi connectivity index (χ1n) is 5.17. The van der Waals surface area contributed by atoms with E-state index in [0.29, 0.717) is 5.92 Å². The van der Waals surface area contributed by atoms with Gasteiger partial charge in [-0.1, -0.05) is 6.92 Å². The fourth-order valence-corrected chi connectivity index (χ4v) is 1.88. The Hall–Kier alpha value is -1.36. The molecule has 0 aliphatic carbocycles. The molecule has 1 aliphatic rings. The predicted molar refractivity (Wildman–Crippen MR) is 57.4 cm³/mol. The van der Waals surface area contributed by atoms with E-state index in [1.165, 1.54) is 0 Å². The Balaban J connectivity index is 1.97. The van der Waals surface area contributed by atoms with E-state index in [0.717, 1.165) is 18.8 Å². The second-order valence-corrected chi connectivity index (χ2v) is 4.13. The molecule has 5 nitrogen and oxygen atoms in total. The maximum absolute atomic E-state index is 11.8. The van der Waals surface area contributed by atoms with Crippen LogP contribution in [0.5, 0.6) is 0 Å². The van der Waals surface area contributed by atoms with Gasteiger partial charge in [0, 0.05) is 19.8 Å². The molecule has 5 heteroatoms. The molecule has 2 heterocycles. The van der Waals surface area contributed by atoms with Crippen molar-refractivity contribution in [1.29, 1.82) is 0 Å². The van der Waals surface area contributed by atoms with Crippen LogP contribution < -0.4 is 10.6 Å². The summed E-state index contributed by atoms with van der Waals surface area (Å²) in [7, 11) is 1.83. The summed E-state index contributed by atoms with van der Waals surface area (Å²) in [5.74, 6) is 0.562. The van der Waals surface area contributed by atoms with Crippen molar-refractivity contribution in [3.05, 3.63) is 12.4 Å². The van der Waals surface area contributed by atoms with Gasteiger partial charge in [-0.3, -0.25) is 9.48 Å². The Morgan fingerprint density at radius 2 is 2.47 bits per heavy atom. The van der Waals surface area contributed by atoms with E-state index in [2.05, 4.69) is 22.7 Å². The van der Waals surface area contributed by atoms with Crippen molar-refractivity contribution in [2.75, 3.05) is 18.4 Å². The standard InChI is InChI=1S/C10H16N4O/c1-7-3-11-5-9(7)10(15)13-8-4-12-14(2)6-8/h4,6-7,9,11H,3,5H2,1-2H3,(H,13,15). The summed E-state index contributed by atoms with van der Waals surface area (Å²) in [4.78, 5) is 11.8. The summed E-state index contributed by atoms with van der Waals surface area (Å²) in [6.45, 7) is 3.78. The molecule has 0 spiro atoms. The van der Waals surface area contributed by atoms with Crippen LogP contribution in [0.2, 0.25) is 0 Å². The molecular formula is C10H16N4O. The predicted octanol–water partition coefficient (Wildman–Crippen LogP) is 0.214. The van der Waals surface area contributed by atoms with E-state index in [-0.39, 0.29) is 11.8 Å². The van der Waals surface area contributed by atoms with Crippen LogP contribution in [0.25, 0.3) is 0 Å². The summed E-state index contributed by atoms with van der Waals surface area (Å²) in [5.41, 5.74) is 0.765. The molecule has 2 N–H and O–H groups in total. The van der Waals surface area contributed by atoms with Gasteiger partial charge in [-0.15, -0.1) is 0 Å². The molecular weight excluding hydrogens is 192 g/mol. The Bertz CT molecular complexity index is 360. The molecule has 2 atom stereocenters. The number of aromatic nitrogens is 2. The highest BCUT2D eigenvalue weighted by molar-refractivity contribution is 5.92. The maximum Gasteiger partial charge on any atom is 0.229 e. The quantitative estimate of drug-likeness (QED) is 0.730. The van der Waals surface area contributed by atoms with Crippen molar-refractivity contribution in [2.24, 2.45) is 18.9 Å². The van der Waals surface area contributed by atoms with Crippen molar-refractivity contribution in [2.45, 2.75) is 6.92 Å². The molecule has 0 saturated carbocycles. The van der Waals surface area contributed by atoms with Gasteiger partial charge in [0.25, 0.3) is 0 Å². The van der Waals surface area contributed by atoms with E-state index in [4.69, 9.17) is 0 Å². The van der Waals surface area contributed by atoms with Gasteiger partial charge in [0.15, 0.2) is 0 Å². The average Bonchev–Trinajstić information content (AvgIpc) is 2.75. The molecule has 82 valence electrons. The van der Waals surface area contributed by atoms with Gasteiger partial charge in [0.1, 0.15) is 0 Å². The van der Waals surface area contributed by atoms with E-state index in [9.17, 15) is 4.79 Å². The number of amides is 1. The second kappa shape index (κ2) is 4.02. The second-order valence-electron chi connectivity index (χ2n) is 4.13. The highest BCUT2D eigenvalue weighted by Crippen LogP contribution is 2.17. The lowest BCUT2D eigenvalue weighted by atomic mass is 9.97. The molecule has 1 aromatic heterocycles. The van der Waals surface area contributed by atoms with Crippen LogP contribution in [-0.2, 0) is 11.8 Å². The summed E-state index contributed by atoms with van der Waals surface area (Å²) in [6, 6.07) is 0. The lowest BCUT2D eigenvalue weighted by Gasteiger charge is -2.12. The third kappa shape index (κ3) is 2.18. The number of carbonyl (C=O) groups is 1. The summed E-state index contributed by atoms with van der Waals surface area (Å²) < 4.78 is 1.67. The third-order valence-electron chi connectivity index (χ3n) is 2.83. The Morgan fingerprint density at radius 3 is 3.00 bits per heavy atom. The molecule has 1 saturated heterocycles. The molecule has 1 aliphatic heterocycles. The van der Waals surface area contributed by atoms with E-state index in [1.807, 2.05) is 7.05 Å². The highest BCUT2D eigenvalue weighted by Gasteiger charge is 2.29. The smallest absolute Gasteiger partial charge is 0.229 e. The number of nitrogens with zero attached hydrogens (tertiary/aromatic N) is 2. The molecule has 2 unspecified atom stereocenters. The molecule has 1 fully saturated rings. The van der Waals surface area contributed by atoms with Crippen molar-refractivity contribution >= 4 is 11.6 Å². The first-order valence-corrected chi connectivity index (χ1v) is 5.17. The molecule has 15 heavy (non-hydrogen) atoms. The minimum atomic E-state index is 0.0743. The number of nitrogens with one attached hydrogen (secondary N) is 2. The lowest BCUT2D eigenvalue weighted by molar-refractivity contribution is -0.120. The van der Waals surface area contributed by atoms with Crippen LogP contribution in [0.15, 0.2) is 12.4 Å². The van der Waals surface area contributed by atoms with Crippen LogP contribution in [0.3, 0.4) is 0 Å². The van der Waals surface area contributed by atoms with Crippen molar-refractivity contribution in [3.63, 3.8) is 0 Å². The first kappa shape index (κ1) is 10.2. The summed E-state index contributed by atoms with van der Waals surface area (Å²) >= 11 is 0. The monoisotopic (exact) mass is 208 g/mol. The third-order valence-corrected chi connectivity index (χ3v) is 2.83. The molecule has 1 aromatic rings. The van der Waals surface area contributed by atoms with Gasteiger partial charge >= 0.3 is 0 Å². The zero-order valence-electron chi connectivity index (χ0n) is 9.03. The highest BCUT2D eigenvalue weighted by atomic mass is 16.2. The number of anilines is 1. The fourth-order valence-electron chi connectivity index (χ4n) is 1.88. The lowest BCUT2D eigenvalue weighted by Crippen LogP contribution is -2.27. The fraction of sp³-hybridized carbons (Fsp3) is 0.600. The number of hydrogen-bond acceptors (Lipinski definition) is 3. The Labute approximate surface area is 88.8 Å². The van der Waals surface area contributed by atoms with Gasteiger partial charge in [-0.05, 0) is 12.5 Å². The van der Waals surface area contributed by atoms with Crippen LogP contribution >= 0.6 is 0 Å². The van der Waals surface area contributed by atoms with Gasteiger partial charge in [-0.2, -0.15) is 5.10 Å². The molecule has 0 aromatic carbocycles. The number of aryl methyl sites for hydroxylation is 1. The zero-order valence-corrected chi connectivity index (χ0v) is 9.03. The van der Waals surface area contributed by atoms with E-state index < -0.39 is 0 Å². The Morgan fingerprint density at radius 1 is 1.67 bits per heavy atom. The molecule has 1 amide bonds. The summed E-state index contributed by atoms with van der Waals surface area (Å²) in [5, 5.41) is 10.1. The Kier molecular flexibility index (Phi) is 2.73. The summed E-state index contributed by atoms with van der Waals surface area (Å²) in [6.07, 6.45) is 3.45. The van der Waals surface area contributed by atoms with Crippen LogP contribution in [-0.4, -0.2) is 28.8 Å². The SMILES string of the molecule is CC1CNCC1C(=O)Nc1cnn(C)c1. The topological polar surface area (TPSA) is 59.0 Å². The molecule has 0 bridgehead atoms. The zero-order chi connectivity index (χ0) is 10.8. The van der Waals surface area contributed by atoms with Crippen LogP contribution in [0.4, 0.5) is 5.69 Å². The normalized spacial score (nSPS) is 25.5. The average molecular weight is 208 g/mol. The van der Waals surface area contributed by atoms with E-state index in [1.54, 1.807) is 17.1 Å². The minimum Gasteiger partial charge on any atom is -0.323 e. The van der Waals surface area contributed by atoms with Gasteiger partial charge in [-0.25, -0.2) is 0 Å². The van der Waals surface area contributed by atoms with Crippen molar-refractivity contribution in [1.82, 2.24) is 15.1 Å². The van der Waals surface area contributed by atoms with Crippen LogP contribution in [0.1, 0.15) is 6.92 Å².